The highest BCUT2D eigenvalue weighted by Crippen LogP contribution is 2.36. The van der Waals surface area contributed by atoms with Crippen LogP contribution >= 0.6 is 45.9 Å². The maximum atomic E-state index is 13.0. The van der Waals surface area contributed by atoms with Gasteiger partial charge in [-0.1, -0.05) is 79.7 Å². The molecular formula is C40H44Cl2N4O6S4. The first-order chi connectivity index (χ1) is 26.4. The van der Waals surface area contributed by atoms with Gasteiger partial charge < -0.3 is 10.6 Å². The first-order valence-corrected chi connectivity index (χ1v) is 23.4. The summed E-state index contributed by atoms with van der Waals surface area (Å²) in [5.74, 6) is -0.795. The van der Waals surface area contributed by atoms with E-state index in [1.54, 1.807) is 0 Å². The van der Waals surface area contributed by atoms with Crippen molar-refractivity contribution >= 4 is 87.6 Å². The van der Waals surface area contributed by atoms with Crippen LogP contribution in [0.3, 0.4) is 0 Å². The van der Waals surface area contributed by atoms with Crippen LogP contribution in [0.4, 0.5) is 10.3 Å². The predicted molar refractivity (Wildman–Crippen MR) is 228 cm³/mol. The van der Waals surface area contributed by atoms with Gasteiger partial charge in [-0.25, -0.2) is 26.8 Å². The smallest absolute Gasteiger partial charge is 0.247 e. The lowest BCUT2D eigenvalue weighted by molar-refractivity contribution is -0.118. The van der Waals surface area contributed by atoms with Crippen molar-refractivity contribution in [1.82, 2.24) is 9.97 Å². The standard InChI is InChI=1S/C21H21ClN2O3S2.C19H23ClN2O3S2/c1-4-17-18(14-8-6-5-7-9-14)23-20(28-17)24-19(25)21(2,3)29(26,27)16-12-10-15(22)11-13-16;1-19(2,27(24,25)15-10-8-14(20)9-11-15)17(23)22-18-21-16(12-26-18)13-6-4-3-5-7-13/h5-13H,4H2,1-3H3,(H,23,24,25);8-13H,3-7H2,1-2H3,(H,21,22,23). The van der Waals surface area contributed by atoms with Crippen molar-refractivity contribution in [1.29, 1.82) is 0 Å². The molecule has 1 saturated carbocycles. The van der Waals surface area contributed by atoms with Crippen LogP contribution in [0, 0.1) is 0 Å². The van der Waals surface area contributed by atoms with Crippen LogP contribution < -0.4 is 10.6 Å². The molecule has 0 aliphatic heterocycles. The number of aromatic nitrogens is 2. The molecule has 6 rings (SSSR count). The molecule has 10 nitrogen and oxygen atoms in total. The Morgan fingerprint density at radius 3 is 1.68 bits per heavy atom. The van der Waals surface area contributed by atoms with Gasteiger partial charge in [-0.2, -0.15) is 0 Å². The number of hydrogen-bond acceptors (Lipinski definition) is 10. The van der Waals surface area contributed by atoms with Crippen LogP contribution in [0.15, 0.2) is 94.0 Å². The summed E-state index contributed by atoms with van der Waals surface area (Å²) in [4.78, 5) is 35.9. The van der Waals surface area contributed by atoms with E-state index in [1.807, 2.05) is 42.6 Å². The molecule has 0 bridgehead atoms. The Morgan fingerprint density at radius 1 is 0.714 bits per heavy atom. The summed E-state index contributed by atoms with van der Waals surface area (Å²) in [7, 11) is -7.81. The topological polar surface area (TPSA) is 152 Å². The zero-order valence-corrected chi connectivity index (χ0v) is 36.4. The van der Waals surface area contributed by atoms with Gasteiger partial charge in [0.2, 0.25) is 11.8 Å². The van der Waals surface area contributed by atoms with E-state index in [0.29, 0.717) is 26.2 Å². The van der Waals surface area contributed by atoms with Crippen LogP contribution in [-0.4, -0.2) is 48.1 Å². The first kappa shape index (κ1) is 43.5. The fourth-order valence-electron chi connectivity index (χ4n) is 5.95. The number of benzene rings is 3. The number of carbonyl (C=O) groups is 2. The number of rotatable bonds is 11. The summed E-state index contributed by atoms with van der Waals surface area (Å²) in [5, 5.41) is 9.04. The highest BCUT2D eigenvalue weighted by molar-refractivity contribution is 7.94. The molecular weight excluding hydrogens is 832 g/mol. The van der Waals surface area contributed by atoms with Crippen LogP contribution in [-0.2, 0) is 35.7 Å². The highest BCUT2D eigenvalue weighted by Gasteiger charge is 2.44. The fourth-order valence-corrected chi connectivity index (χ4v) is 10.7. The summed E-state index contributed by atoms with van der Waals surface area (Å²) in [6.07, 6.45) is 6.67. The third kappa shape index (κ3) is 9.54. The summed E-state index contributed by atoms with van der Waals surface area (Å²) in [6.45, 7) is 7.60. The van der Waals surface area contributed by atoms with Crippen molar-refractivity contribution in [2.45, 2.75) is 98.3 Å². The van der Waals surface area contributed by atoms with E-state index >= 15 is 0 Å². The van der Waals surface area contributed by atoms with Crippen LogP contribution in [0.5, 0.6) is 0 Å². The lowest BCUT2D eigenvalue weighted by Gasteiger charge is -2.23. The quantitative estimate of drug-likeness (QED) is 0.133. The maximum Gasteiger partial charge on any atom is 0.247 e. The first-order valence-electron chi connectivity index (χ1n) is 18.0. The second-order valence-electron chi connectivity index (χ2n) is 14.3. The Labute approximate surface area is 346 Å². The molecule has 0 unspecified atom stereocenters. The number of sulfone groups is 2. The molecule has 0 atom stereocenters. The summed E-state index contributed by atoms with van der Waals surface area (Å²) >= 11 is 14.4. The molecule has 3 aromatic carbocycles. The molecule has 56 heavy (non-hydrogen) atoms. The minimum atomic E-state index is -3.93. The number of thiazole rings is 2. The number of halogens is 2. The van der Waals surface area contributed by atoms with Gasteiger partial charge in [0.25, 0.3) is 0 Å². The molecule has 1 aliphatic carbocycles. The predicted octanol–water partition coefficient (Wildman–Crippen LogP) is 10.3. The van der Waals surface area contributed by atoms with Gasteiger partial charge in [-0.3, -0.25) is 9.59 Å². The molecule has 0 spiro atoms. The zero-order chi connectivity index (χ0) is 40.9. The molecule has 1 fully saturated rings. The van der Waals surface area contributed by atoms with E-state index in [-0.39, 0.29) is 9.79 Å². The highest BCUT2D eigenvalue weighted by atomic mass is 35.5. The number of carbonyl (C=O) groups excluding carboxylic acids is 2. The van der Waals surface area contributed by atoms with Gasteiger partial charge in [-0.15, -0.1) is 22.7 Å². The SMILES string of the molecule is CC(C)(C(=O)Nc1nc(C2CCCCC2)cs1)S(=O)(=O)c1ccc(Cl)cc1.CCc1sc(NC(=O)C(C)(C)S(=O)(=O)c2ccc(Cl)cc2)nc1-c1ccccc1. The van der Waals surface area contributed by atoms with Crippen molar-refractivity contribution < 1.29 is 26.4 Å². The van der Waals surface area contributed by atoms with Gasteiger partial charge in [0.15, 0.2) is 29.9 Å². The summed E-state index contributed by atoms with van der Waals surface area (Å²) in [5.41, 5.74) is 2.74. The molecule has 1 aliphatic rings. The van der Waals surface area contributed by atoms with E-state index < -0.39 is 41.0 Å². The van der Waals surface area contributed by atoms with Gasteiger partial charge in [0.1, 0.15) is 9.49 Å². The van der Waals surface area contributed by atoms with Crippen molar-refractivity contribution in [3.8, 4) is 11.3 Å². The zero-order valence-electron chi connectivity index (χ0n) is 31.6. The molecule has 0 saturated heterocycles. The molecule has 2 heterocycles. The number of aryl methyl sites for hydroxylation is 1. The molecule has 298 valence electrons. The lowest BCUT2D eigenvalue weighted by Crippen LogP contribution is -2.44. The summed E-state index contributed by atoms with van der Waals surface area (Å²) in [6, 6.07) is 21.3. The Kier molecular flexibility index (Phi) is 13.9. The second kappa shape index (κ2) is 17.9. The third-order valence-electron chi connectivity index (χ3n) is 9.74. The summed E-state index contributed by atoms with van der Waals surface area (Å²) < 4.78 is 48.6. The van der Waals surface area contributed by atoms with Gasteiger partial charge in [0, 0.05) is 31.8 Å². The van der Waals surface area contributed by atoms with E-state index in [2.05, 4.69) is 20.6 Å². The molecule has 2 amide bonds. The lowest BCUT2D eigenvalue weighted by atomic mass is 9.87. The number of amides is 2. The van der Waals surface area contributed by atoms with Crippen LogP contribution in [0.1, 0.15) is 83.2 Å². The van der Waals surface area contributed by atoms with Crippen molar-refractivity contribution in [2.75, 3.05) is 10.6 Å². The monoisotopic (exact) mass is 874 g/mol. The van der Waals surface area contributed by atoms with E-state index in [4.69, 9.17) is 23.2 Å². The largest absolute Gasteiger partial charge is 0.301 e. The molecule has 2 aromatic heterocycles. The minimum absolute atomic E-state index is 0.0420. The molecule has 2 N–H and O–H groups in total. The minimum Gasteiger partial charge on any atom is -0.301 e. The Bertz CT molecular complexity index is 2370. The third-order valence-corrected chi connectivity index (χ3v) is 17.0. The average Bonchev–Trinajstić information content (AvgIpc) is 3.83. The van der Waals surface area contributed by atoms with Crippen LogP contribution in [0.25, 0.3) is 11.3 Å². The number of anilines is 2. The molecule has 16 heteroatoms. The molecule has 5 aromatic rings. The fraction of sp³-hybridized carbons (Fsp3) is 0.350. The van der Waals surface area contributed by atoms with Crippen LogP contribution in [0.2, 0.25) is 10.0 Å². The number of nitrogens with zero attached hydrogens (tertiary/aromatic N) is 2. The number of hydrogen-bond donors (Lipinski definition) is 2. The number of nitrogens with one attached hydrogen (secondary N) is 2. The van der Waals surface area contributed by atoms with Crippen molar-refractivity contribution in [3.05, 3.63) is 105 Å². The van der Waals surface area contributed by atoms with Crippen molar-refractivity contribution in [2.24, 2.45) is 0 Å². The Morgan fingerprint density at radius 2 is 1.20 bits per heavy atom. The average molecular weight is 876 g/mol. The van der Waals surface area contributed by atoms with Gasteiger partial charge >= 0.3 is 0 Å². The Hall–Kier alpha value is -3.66. The second-order valence-corrected chi connectivity index (χ2v) is 22.1. The normalized spacial score (nSPS) is 14.1. The Balaban J connectivity index is 0.000000215. The van der Waals surface area contributed by atoms with Crippen molar-refractivity contribution in [3.63, 3.8) is 0 Å². The molecule has 0 radical (unpaired) electrons. The van der Waals surface area contributed by atoms with Gasteiger partial charge in [-0.05, 0) is 95.5 Å². The maximum absolute atomic E-state index is 13.0. The van der Waals surface area contributed by atoms with Gasteiger partial charge in [0.05, 0.1) is 21.2 Å². The van der Waals surface area contributed by atoms with E-state index in [0.717, 1.165) is 41.1 Å². The van der Waals surface area contributed by atoms with E-state index in [9.17, 15) is 26.4 Å². The van der Waals surface area contributed by atoms with E-state index in [1.165, 1.54) is 118 Å².